The molecule has 6 nitrogen and oxygen atoms in total. The fourth-order valence-corrected chi connectivity index (χ4v) is 4.09. The van der Waals surface area contributed by atoms with E-state index in [9.17, 15) is 4.79 Å². The molecule has 29 heavy (non-hydrogen) atoms. The summed E-state index contributed by atoms with van der Waals surface area (Å²) >= 11 is 0. The van der Waals surface area contributed by atoms with Crippen molar-refractivity contribution in [2.24, 2.45) is 0 Å². The molecule has 2 aromatic carbocycles. The van der Waals surface area contributed by atoms with Crippen molar-refractivity contribution in [2.45, 2.75) is 39.3 Å². The number of hydroxylamine groups is 1. The maximum absolute atomic E-state index is 11.2. The quantitative estimate of drug-likeness (QED) is 0.328. The maximum atomic E-state index is 11.2. The van der Waals surface area contributed by atoms with Crippen LogP contribution < -0.4 is 15.5 Å². The summed E-state index contributed by atoms with van der Waals surface area (Å²) in [5.41, 5.74) is 7.99. The number of aromatic nitrogens is 1. The number of fused-ring (bicyclic) bond motifs is 3. The van der Waals surface area contributed by atoms with Crippen LogP contribution in [0.2, 0.25) is 0 Å². The van der Waals surface area contributed by atoms with Crippen molar-refractivity contribution < 1.29 is 14.7 Å². The van der Waals surface area contributed by atoms with Crippen molar-refractivity contribution in [1.29, 1.82) is 0 Å². The van der Waals surface area contributed by atoms with E-state index >= 15 is 0 Å². The number of carbonyl (C=O) groups excluding carboxylic acids is 1. The lowest BCUT2D eigenvalue weighted by Gasteiger charge is -2.17. The van der Waals surface area contributed by atoms with Gasteiger partial charge in [0.1, 0.15) is 5.75 Å². The number of benzene rings is 2. The van der Waals surface area contributed by atoms with Crippen molar-refractivity contribution >= 4 is 16.8 Å². The van der Waals surface area contributed by atoms with E-state index in [4.69, 9.17) is 9.94 Å². The summed E-state index contributed by atoms with van der Waals surface area (Å²) in [5, 5.41) is 13.5. The van der Waals surface area contributed by atoms with Gasteiger partial charge in [-0.1, -0.05) is 23.8 Å². The van der Waals surface area contributed by atoms with Gasteiger partial charge in [-0.05, 0) is 61.7 Å². The highest BCUT2D eigenvalue weighted by atomic mass is 16.5. The topological polar surface area (TPSA) is 75.5 Å². The number of carbonyl (C=O) groups is 1. The van der Waals surface area contributed by atoms with Crippen LogP contribution in [0.4, 0.5) is 0 Å². The van der Waals surface area contributed by atoms with Crippen LogP contribution in [0.5, 0.6) is 5.75 Å². The molecule has 4 rings (SSSR count). The van der Waals surface area contributed by atoms with Crippen molar-refractivity contribution in [3.05, 3.63) is 64.8 Å². The van der Waals surface area contributed by atoms with Crippen LogP contribution in [0, 0.1) is 6.92 Å². The first kappa shape index (κ1) is 19.5. The van der Waals surface area contributed by atoms with Crippen LogP contribution in [-0.4, -0.2) is 28.8 Å². The minimum atomic E-state index is -0.425. The second-order valence-corrected chi connectivity index (χ2v) is 7.58. The van der Waals surface area contributed by atoms with Gasteiger partial charge in [-0.15, -0.1) is 0 Å². The lowest BCUT2D eigenvalue weighted by atomic mass is 10.0. The summed E-state index contributed by atoms with van der Waals surface area (Å²) in [6.45, 7) is 5.67. The second kappa shape index (κ2) is 8.68. The van der Waals surface area contributed by atoms with Gasteiger partial charge in [0, 0.05) is 29.7 Å². The Morgan fingerprint density at radius 1 is 1.24 bits per heavy atom. The Hall–Kier alpha value is -2.83. The van der Waals surface area contributed by atoms with Crippen LogP contribution in [0.3, 0.4) is 0 Å². The molecule has 0 spiro atoms. The molecule has 152 valence electrons. The molecule has 0 radical (unpaired) electrons. The first-order valence-corrected chi connectivity index (χ1v) is 10.1. The molecule has 0 saturated carbocycles. The molecule has 0 bridgehead atoms. The van der Waals surface area contributed by atoms with Crippen molar-refractivity contribution in [2.75, 3.05) is 13.2 Å². The zero-order chi connectivity index (χ0) is 20.2. The third-order valence-corrected chi connectivity index (χ3v) is 5.49. The highest BCUT2D eigenvalue weighted by molar-refractivity contribution is 5.86. The number of aryl methyl sites for hydroxylation is 2. The van der Waals surface area contributed by atoms with E-state index in [-0.39, 0.29) is 6.42 Å². The second-order valence-electron chi connectivity index (χ2n) is 7.58. The predicted molar refractivity (Wildman–Crippen MR) is 112 cm³/mol. The fraction of sp³-hybridized carbons (Fsp3) is 0.348. The summed E-state index contributed by atoms with van der Waals surface area (Å²) in [6.07, 6.45) is 2.15. The molecule has 0 fully saturated rings. The van der Waals surface area contributed by atoms with E-state index in [0.29, 0.717) is 6.61 Å². The van der Waals surface area contributed by atoms with E-state index in [2.05, 4.69) is 35.0 Å². The van der Waals surface area contributed by atoms with Crippen molar-refractivity contribution in [3.8, 4) is 5.75 Å². The van der Waals surface area contributed by atoms with Gasteiger partial charge in [-0.2, -0.15) is 0 Å². The normalized spacial score (nSPS) is 13.3. The summed E-state index contributed by atoms with van der Waals surface area (Å²) in [5.74, 6) is 0.362. The van der Waals surface area contributed by atoms with E-state index in [0.717, 1.165) is 43.8 Å². The van der Waals surface area contributed by atoms with Gasteiger partial charge in [0.2, 0.25) is 5.91 Å². The van der Waals surface area contributed by atoms with Gasteiger partial charge in [0.25, 0.3) is 0 Å². The van der Waals surface area contributed by atoms with Crippen LogP contribution >= 0.6 is 0 Å². The van der Waals surface area contributed by atoms with Crippen LogP contribution in [0.25, 0.3) is 10.9 Å². The van der Waals surface area contributed by atoms with Gasteiger partial charge in [-0.3, -0.25) is 10.0 Å². The molecule has 3 aromatic rings. The first-order valence-electron chi connectivity index (χ1n) is 10.1. The largest absolute Gasteiger partial charge is 0.494 e. The van der Waals surface area contributed by atoms with Gasteiger partial charge >= 0.3 is 0 Å². The molecule has 1 aliphatic rings. The molecule has 1 aliphatic heterocycles. The Bertz CT molecular complexity index is 1010. The summed E-state index contributed by atoms with van der Waals surface area (Å²) in [6, 6.07) is 14.1. The van der Waals surface area contributed by atoms with Crippen molar-refractivity contribution in [1.82, 2.24) is 15.4 Å². The average molecular weight is 393 g/mol. The molecule has 0 saturated heterocycles. The predicted octanol–water partition coefficient (Wildman–Crippen LogP) is 3.11. The summed E-state index contributed by atoms with van der Waals surface area (Å²) < 4.78 is 8.33. The zero-order valence-corrected chi connectivity index (χ0v) is 16.7. The molecule has 3 N–H and O–H groups in total. The number of nitrogens with zero attached hydrogens (tertiary/aromatic N) is 1. The molecule has 0 unspecified atom stereocenters. The maximum Gasteiger partial charge on any atom is 0.247 e. The van der Waals surface area contributed by atoms with E-state index in [1.54, 1.807) is 5.48 Å². The summed E-state index contributed by atoms with van der Waals surface area (Å²) in [4.78, 5) is 11.2. The number of hydrogen-bond acceptors (Lipinski definition) is 4. The monoisotopic (exact) mass is 393 g/mol. The molecule has 0 atom stereocenters. The zero-order valence-electron chi connectivity index (χ0n) is 16.7. The molecule has 0 aliphatic carbocycles. The highest BCUT2D eigenvalue weighted by Crippen LogP contribution is 2.29. The van der Waals surface area contributed by atoms with E-state index < -0.39 is 5.91 Å². The van der Waals surface area contributed by atoms with Crippen LogP contribution in [-0.2, 0) is 30.7 Å². The number of rotatable bonds is 7. The Morgan fingerprint density at radius 3 is 2.86 bits per heavy atom. The molecule has 1 amide bonds. The van der Waals surface area contributed by atoms with E-state index in [1.807, 2.05) is 24.3 Å². The fourth-order valence-electron chi connectivity index (χ4n) is 4.09. The molecule has 1 aromatic heterocycles. The van der Waals surface area contributed by atoms with Gasteiger partial charge < -0.3 is 14.6 Å². The van der Waals surface area contributed by atoms with Gasteiger partial charge in [0.15, 0.2) is 0 Å². The molecular weight excluding hydrogens is 366 g/mol. The lowest BCUT2D eigenvalue weighted by Crippen LogP contribution is -2.25. The number of hydrogen-bond donors (Lipinski definition) is 3. The van der Waals surface area contributed by atoms with Gasteiger partial charge in [-0.25, -0.2) is 5.48 Å². The summed E-state index contributed by atoms with van der Waals surface area (Å²) in [7, 11) is 0. The lowest BCUT2D eigenvalue weighted by molar-refractivity contribution is -0.128. The molecule has 6 heteroatoms. The van der Waals surface area contributed by atoms with Crippen molar-refractivity contribution in [3.63, 3.8) is 0 Å². The standard InChI is InChI=1S/C23H27N3O3/c1-16-3-8-21-20(13-16)19-9-10-24-15-22(19)26(21)11-2-12-29-18-6-4-17(5-7-18)14-23(27)25-28/h3-8,13,24,28H,2,9-12,14-15H2,1H3,(H,25,27). The van der Waals surface area contributed by atoms with Crippen LogP contribution in [0.1, 0.15) is 28.8 Å². The van der Waals surface area contributed by atoms with Gasteiger partial charge in [0.05, 0.1) is 13.0 Å². The number of ether oxygens (including phenoxy) is 1. The third kappa shape index (κ3) is 4.28. The Balaban J connectivity index is 1.39. The Kier molecular flexibility index (Phi) is 5.83. The highest BCUT2D eigenvalue weighted by Gasteiger charge is 2.19. The number of nitrogens with one attached hydrogen (secondary N) is 2. The van der Waals surface area contributed by atoms with Crippen LogP contribution in [0.15, 0.2) is 42.5 Å². The Morgan fingerprint density at radius 2 is 2.07 bits per heavy atom. The minimum Gasteiger partial charge on any atom is -0.494 e. The average Bonchev–Trinajstić information content (AvgIpc) is 3.05. The van der Waals surface area contributed by atoms with E-state index in [1.165, 1.54) is 27.7 Å². The smallest absolute Gasteiger partial charge is 0.247 e. The molecule has 2 heterocycles. The molecular formula is C23H27N3O3. The Labute approximate surface area is 170 Å². The first-order chi connectivity index (χ1) is 14.2. The minimum absolute atomic E-state index is 0.149. The SMILES string of the molecule is Cc1ccc2c(c1)c1c(n2CCCOc2ccc(CC(=O)NO)cc2)CNCC1. The third-order valence-electron chi connectivity index (χ3n) is 5.49. The number of amides is 1.